The number of hydrogen-bond acceptors (Lipinski definition) is 2. The summed E-state index contributed by atoms with van der Waals surface area (Å²) in [7, 11) is 1.94. The molecule has 0 amide bonds. The lowest BCUT2D eigenvalue weighted by atomic mass is 10.1. The van der Waals surface area contributed by atoms with Gasteiger partial charge in [-0.3, -0.25) is 0 Å². The number of carboxylic acid groups (broad SMARTS) is 1. The fraction of sp³-hybridized carbons (Fsp3) is 0.462. The van der Waals surface area contributed by atoms with E-state index in [1.807, 2.05) is 24.1 Å². The molecule has 0 spiro atoms. The molecule has 0 fully saturated rings. The van der Waals surface area contributed by atoms with Gasteiger partial charge >= 0.3 is 5.97 Å². The summed E-state index contributed by atoms with van der Waals surface area (Å²) in [4.78, 5) is 13.0. The Morgan fingerprint density at radius 1 is 1.31 bits per heavy atom. The fourth-order valence-electron chi connectivity index (χ4n) is 1.71. The standard InChI is InChI=1S/C13H19NO2/c1-3-4-7-10-14(2)12-9-6-5-8-11(12)13(15)16/h5-6,8-9H,3-4,7,10H2,1-2H3,(H,15,16). The van der Waals surface area contributed by atoms with E-state index >= 15 is 0 Å². The number of unbranched alkanes of at least 4 members (excludes halogenated alkanes) is 2. The van der Waals surface area contributed by atoms with E-state index in [1.165, 1.54) is 12.8 Å². The molecule has 1 aromatic carbocycles. The van der Waals surface area contributed by atoms with Gasteiger partial charge in [0.2, 0.25) is 0 Å². The Kier molecular flexibility index (Phi) is 4.83. The van der Waals surface area contributed by atoms with Crippen LogP contribution in [0.15, 0.2) is 24.3 Å². The number of nitrogens with zero attached hydrogens (tertiary/aromatic N) is 1. The Labute approximate surface area is 96.7 Å². The molecule has 0 aliphatic rings. The highest BCUT2D eigenvalue weighted by Gasteiger charge is 2.11. The maximum Gasteiger partial charge on any atom is 0.337 e. The Morgan fingerprint density at radius 2 is 2.00 bits per heavy atom. The first-order valence-corrected chi connectivity index (χ1v) is 5.70. The van der Waals surface area contributed by atoms with Crippen LogP contribution in [-0.2, 0) is 0 Å². The molecular formula is C13H19NO2. The number of para-hydroxylation sites is 1. The van der Waals surface area contributed by atoms with Gasteiger partial charge in [0.25, 0.3) is 0 Å². The van der Waals surface area contributed by atoms with Crippen molar-refractivity contribution < 1.29 is 9.90 Å². The van der Waals surface area contributed by atoms with E-state index in [2.05, 4.69) is 6.92 Å². The summed E-state index contributed by atoms with van der Waals surface area (Å²) >= 11 is 0. The SMILES string of the molecule is CCCCCN(C)c1ccccc1C(=O)O. The topological polar surface area (TPSA) is 40.5 Å². The monoisotopic (exact) mass is 221 g/mol. The lowest BCUT2D eigenvalue weighted by Crippen LogP contribution is -2.21. The largest absolute Gasteiger partial charge is 0.478 e. The van der Waals surface area contributed by atoms with Crippen molar-refractivity contribution in [2.24, 2.45) is 0 Å². The molecule has 0 heterocycles. The van der Waals surface area contributed by atoms with Crippen LogP contribution in [0.1, 0.15) is 36.5 Å². The normalized spacial score (nSPS) is 10.1. The van der Waals surface area contributed by atoms with Crippen LogP contribution in [0.2, 0.25) is 0 Å². The number of carboxylic acids is 1. The van der Waals surface area contributed by atoms with Crippen LogP contribution >= 0.6 is 0 Å². The van der Waals surface area contributed by atoms with Gasteiger partial charge in [-0.1, -0.05) is 31.9 Å². The quantitative estimate of drug-likeness (QED) is 0.751. The summed E-state index contributed by atoms with van der Waals surface area (Å²) in [5.74, 6) is -0.863. The predicted molar refractivity (Wildman–Crippen MR) is 66.2 cm³/mol. The van der Waals surface area contributed by atoms with E-state index in [1.54, 1.807) is 12.1 Å². The maximum atomic E-state index is 11.0. The number of rotatable bonds is 6. The average Bonchev–Trinajstić information content (AvgIpc) is 2.29. The second-order valence-electron chi connectivity index (χ2n) is 3.95. The summed E-state index contributed by atoms with van der Waals surface area (Å²) in [6.07, 6.45) is 3.45. The van der Waals surface area contributed by atoms with E-state index in [9.17, 15) is 4.79 Å². The van der Waals surface area contributed by atoms with Crippen LogP contribution < -0.4 is 4.90 Å². The summed E-state index contributed by atoms with van der Waals surface area (Å²) in [6.45, 7) is 3.06. The first-order valence-electron chi connectivity index (χ1n) is 5.70. The Morgan fingerprint density at radius 3 is 2.62 bits per heavy atom. The van der Waals surface area contributed by atoms with Crippen LogP contribution in [0.3, 0.4) is 0 Å². The molecule has 0 atom stereocenters. The fourth-order valence-corrected chi connectivity index (χ4v) is 1.71. The van der Waals surface area contributed by atoms with Gasteiger partial charge in [0.1, 0.15) is 0 Å². The molecule has 0 saturated heterocycles. The second-order valence-corrected chi connectivity index (χ2v) is 3.95. The third-order valence-electron chi connectivity index (χ3n) is 2.64. The Hall–Kier alpha value is -1.51. The molecule has 3 heteroatoms. The van der Waals surface area contributed by atoms with Crippen molar-refractivity contribution in [3.05, 3.63) is 29.8 Å². The number of carbonyl (C=O) groups is 1. The summed E-state index contributed by atoms with van der Waals surface area (Å²) < 4.78 is 0. The minimum absolute atomic E-state index is 0.376. The van der Waals surface area contributed by atoms with Gasteiger partial charge in [-0.15, -0.1) is 0 Å². The third kappa shape index (κ3) is 3.26. The van der Waals surface area contributed by atoms with Gasteiger partial charge in [0.05, 0.1) is 11.3 Å². The van der Waals surface area contributed by atoms with Crippen molar-refractivity contribution in [1.82, 2.24) is 0 Å². The van der Waals surface area contributed by atoms with Crippen molar-refractivity contribution >= 4 is 11.7 Å². The first kappa shape index (κ1) is 12.6. The zero-order valence-corrected chi connectivity index (χ0v) is 9.94. The number of hydrogen-bond donors (Lipinski definition) is 1. The minimum Gasteiger partial charge on any atom is -0.478 e. The summed E-state index contributed by atoms with van der Waals surface area (Å²) in [5.41, 5.74) is 1.17. The number of benzene rings is 1. The predicted octanol–water partition coefficient (Wildman–Crippen LogP) is 3.01. The molecule has 0 saturated carbocycles. The molecule has 88 valence electrons. The molecule has 0 radical (unpaired) electrons. The zero-order valence-electron chi connectivity index (χ0n) is 9.94. The van der Waals surface area contributed by atoms with Gasteiger partial charge in [-0.2, -0.15) is 0 Å². The zero-order chi connectivity index (χ0) is 12.0. The van der Waals surface area contributed by atoms with Crippen molar-refractivity contribution in [3.63, 3.8) is 0 Å². The second kappa shape index (κ2) is 6.16. The Balaban J connectivity index is 2.74. The van der Waals surface area contributed by atoms with E-state index in [0.29, 0.717) is 5.56 Å². The van der Waals surface area contributed by atoms with E-state index in [4.69, 9.17) is 5.11 Å². The average molecular weight is 221 g/mol. The Bertz CT molecular complexity index is 350. The molecule has 0 aliphatic heterocycles. The highest BCUT2D eigenvalue weighted by Crippen LogP contribution is 2.19. The van der Waals surface area contributed by atoms with Crippen LogP contribution in [0, 0.1) is 0 Å². The molecular weight excluding hydrogens is 202 g/mol. The minimum atomic E-state index is -0.863. The highest BCUT2D eigenvalue weighted by atomic mass is 16.4. The lowest BCUT2D eigenvalue weighted by molar-refractivity contribution is 0.0697. The van der Waals surface area contributed by atoms with Crippen LogP contribution in [0.5, 0.6) is 0 Å². The van der Waals surface area contributed by atoms with Crippen LogP contribution in [0.4, 0.5) is 5.69 Å². The van der Waals surface area contributed by atoms with E-state index < -0.39 is 5.97 Å². The molecule has 0 aromatic heterocycles. The molecule has 3 nitrogen and oxygen atoms in total. The summed E-state index contributed by atoms with van der Waals surface area (Å²) in [6, 6.07) is 7.13. The van der Waals surface area contributed by atoms with Crippen molar-refractivity contribution in [2.75, 3.05) is 18.5 Å². The molecule has 0 aliphatic carbocycles. The smallest absolute Gasteiger partial charge is 0.337 e. The lowest BCUT2D eigenvalue weighted by Gasteiger charge is -2.20. The number of aromatic carboxylic acids is 1. The molecule has 0 bridgehead atoms. The van der Waals surface area contributed by atoms with Gasteiger partial charge in [0.15, 0.2) is 0 Å². The van der Waals surface area contributed by atoms with Crippen molar-refractivity contribution in [2.45, 2.75) is 26.2 Å². The van der Waals surface area contributed by atoms with Gasteiger partial charge in [-0.05, 0) is 18.6 Å². The van der Waals surface area contributed by atoms with Crippen molar-refractivity contribution in [3.8, 4) is 0 Å². The van der Waals surface area contributed by atoms with Crippen molar-refractivity contribution in [1.29, 1.82) is 0 Å². The molecule has 0 unspecified atom stereocenters. The maximum absolute atomic E-state index is 11.0. The third-order valence-corrected chi connectivity index (χ3v) is 2.64. The van der Waals surface area contributed by atoms with E-state index in [-0.39, 0.29) is 0 Å². The van der Waals surface area contributed by atoms with Gasteiger partial charge < -0.3 is 10.0 Å². The van der Waals surface area contributed by atoms with Gasteiger partial charge in [-0.25, -0.2) is 4.79 Å². The molecule has 1 rings (SSSR count). The molecule has 1 N–H and O–H groups in total. The highest BCUT2D eigenvalue weighted by molar-refractivity contribution is 5.94. The van der Waals surface area contributed by atoms with Crippen LogP contribution in [0.25, 0.3) is 0 Å². The van der Waals surface area contributed by atoms with E-state index in [0.717, 1.165) is 18.7 Å². The summed E-state index contributed by atoms with van der Waals surface area (Å²) in [5, 5.41) is 9.06. The first-order chi connectivity index (χ1) is 7.66. The molecule has 16 heavy (non-hydrogen) atoms. The van der Waals surface area contributed by atoms with Gasteiger partial charge in [0, 0.05) is 13.6 Å². The number of anilines is 1. The molecule has 1 aromatic rings. The van der Waals surface area contributed by atoms with Crippen LogP contribution in [-0.4, -0.2) is 24.7 Å².